The molecule has 3 heteroatoms. The van der Waals surface area contributed by atoms with E-state index in [0.29, 0.717) is 12.3 Å². The van der Waals surface area contributed by atoms with Crippen LogP contribution in [-0.2, 0) is 4.74 Å². The highest BCUT2D eigenvalue weighted by molar-refractivity contribution is 5.87. The fourth-order valence-electron chi connectivity index (χ4n) is 0.925. The van der Waals surface area contributed by atoms with Crippen molar-refractivity contribution in [2.75, 3.05) is 6.61 Å². The summed E-state index contributed by atoms with van der Waals surface area (Å²) in [5, 5.41) is 0. The van der Waals surface area contributed by atoms with E-state index in [2.05, 4.69) is 4.98 Å². The maximum absolute atomic E-state index is 11.3. The molecule has 0 aliphatic carbocycles. The van der Waals surface area contributed by atoms with Crippen molar-refractivity contribution >= 4 is 5.97 Å². The Balaban J connectivity index is 2.66. The molecule has 0 aromatic carbocycles. The zero-order valence-electron chi connectivity index (χ0n) is 7.91. The molecule has 1 aromatic rings. The molecule has 1 heterocycles. The van der Waals surface area contributed by atoms with Crippen LogP contribution >= 0.6 is 0 Å². The van der Waals surface area contributed by atoms with Crippen molar-refractivity contribution in [3.05, 3.63) is 29.6 Å². The number of aryl methyl sites for hydroxylation is 1. The van der Waals surface area contributed by atoms with Gasteiger partial charge >= 0.3 is 5.97 Å². The number of rotatable bonds is 3. The highest BCUT2D eigenvalue weighted by atomic mass is 16.5. The van der Waals surface area contributed by atoms with Gasteiger partial charge in [-0.3, -0.25) is 0 Å². The molecule has 13 heavy (non-hydrogen) atoms. The van der Waals surface area contributed by atoms with Crippen molar-refractivity contribution in [1.29, 1.82) is 0 Å². The van der Waals surface area contributed by atoms with Crippen LogP contribution in [0, 0.1) is 6.92 Å². The number of pyridine rings is 1. The van der Waals surface area contributed by atoms with Gasteiger partial charge in [0.25, 0.3) is 0 Å². The third-order valence-corrected chi connectivity index (χ3v) is 1.53. The van der Waals surface area contributed by atoms with Crippen LogP contribution in [0.5, 0.6) is 0 Å². The van der Waals surface area contributed by atoms with Gasteiger partial charge in [-0.25, -0.2) is 9.78 Å². The van der Waals surface area contributed by atoms with Gasteiger partial charge in [0.15, 0.2) is 0 Å². The maximum Gasteiger partial charge on any atom is 0.356 e. The zero-order valence-corrected chi connectivity index (χ0v) is 7.91. The third kappa shape index (κ3) is 2.86. The first-order valence-electron chi connectivity index (χ1n) is 4.35. The van der Waals surface area contributed by atoms with E-state index in [0.717, 1.165) is 12.1 Å². The van der Waals surface area contributed by atoms with Crippen LogP contribution < -0.4 is 0 Å². The summed E-state index contributed by atoms with van der Waals surface area (Å²) in [7, 11) is 0. The largest absolute Gasteiger partial charge is 0.461 e. The Morgan fingerprint density at radius 3 is 2.92 bits per heavy atom. The molecule has 1 aromatic heterocycles. The monoisotopic (exact) mass is 179 g/mol. The van der Waals surface area contributed by atoms with E-state index >= 15 is 0 Å². The fraction of sp³-hybridized carbons (Fsp3) is 0.400. The summed E-state index contributed by atoms with van der Waals surface area (Å²) >= 11 is 0. The number of carbonyl (C=O) groups is 1. The lowest BCUT2D eigenvalue weighted by Gasteiger charge is -2.02. The average Bonchev–Trinajstić information content (AvgIpc) is 2.14. The van der Waals surface area contributed by atoms with Gasteiger partial charge in [0.1, 0.15) is 5.69 Å². The van der Waals surface area contributed by atoms with Gasteiger partial charge < -0.3 is 4.74 Å². The summed E-state index contributed by atoms with van der Waals surface area (Å²) in [6, 6.07) is 5.30. The molecular weight excluding hydrogens is 166 g/mol. The van der Waals surface area contributed by atoms with Crippen LogP contribution in [0.2, 0.25) is 0 Å². The molecule has 0 spiro atoms. The number of hydrogen-bond acceptors (Lipinski definition) is 3. The van der Waals surface area contributed by atoms with Gasteiger partial charge in [0.2, 0.25) is 0 Å². The molecule has 0 saturated heterocycles. The minimum Gasteiger partial charge on any atom is -0.461 e. The SMILES string of the molecule is CCCOC(=O)c1cccc(C)n1. The Morgan fingerprint density at radius 2 is 2.31 bits per heavy atom. The van der Waals surface area contributed by atoms with Gasteiger partial charge in [-0.05, 0) is 25.5 Å². The molecule has 0 aliphatic rings. The highest BCUT2D eigenvalue weighted by Crippen LogP contribution is 2.00. The summed E-state index contributed by atoms with van der Waals surface area (Å²) in [4.78, 5) is 15.3. The molecular formula is C10H13NO2. The first-order chi connectivity index (χ1) is 6.24. The van der Waals surface area contributed by atoms with Crippen molar-refractivity contribution in [3.63, 3.8) is 0 Å². The van der Waals surface area contributed by atoms with Crippen LogP contribution in [0.4, 0.5) is 0 Å². The van der Waals surface area contributed by atoms with E-state index in [-0.39, 0.29) is 5.97 Å². The van der Waals surface area contributed by atoms with Gasteiger partial charge in [-0.2, -0.15) is 0 Å². The Hall–Kier alpha value is -1.38. The number of aromatic nitrogens is 1. The van der Waals surface area contributed by atoms with Crippen LogP contribution in [0.1, 0.15) is 29.5 Å². The fourth-order valence-corrected chi connectivity index (χ4v) is 0.925. The molecule has 3 nitrogen and oxygen atoms in total. The van der Waals surface area contributed by atoms with E-state index in [1.54, 1.807) is 12.1 Å². The Kier molecular flexibility index (Phi) is 3.43. The molecule has 0 fully saturated rings. The molecule has 1 rings (SSSR count). The van der Waals surface area contributed by atoms with E-state index in [1.807, 2.05) is 19.9 Å². The van der Waals surface area contributed by atoms with Gasteiger partial charge in [0, 0.05) is 5.69 Å². The summed E-state index contributed by atoms with van der Waals surface area (Å²) in [5.74, 6) is -0.342. The molecule has 0 saturated carbocycles. The lowest BCUT2D eigenvalue weighted by atomic mass is 10.3. The number of nitrogens with zero attached hydrogens (tertiary/aromatic N) is 1. The highest BCUT2D eigenvalue weighted by Gasteiger charge is 2.07. The van der Waals surface area contributed by atoms with E-state index in [1.165, 1.54) is 0 Å². The molecule has 0 unspecified atom stereocenters. The quantitative estimate of drug-likeness (QED) is 0.666. The molecule has 0 bridgehead atoms. The number of carbonyl (C=O) groups excluding carboxylic acids is 1. The Bertz CT molecular complexity index is 297. The molecule has 0 atom stereocenters. The Morgan fingerprint density at radius 1 is 1.54 bits per heavy atom. The summed E-state index contributed by atoms with van der Waals surface area (Å²) in [6.45, 7) is 4.25. The van der Waals surface area contributed by atoms with E-state index in [9.17, 15) is 4.79 Å². The minimum atomic E-state index is -0.342. The van der Waals surface area contributed by atoms with Crippen LogP contribution in [-0.4, -0.2) is 17.6 Å². The minimum absolute atomic E-state index is 0.342. The van der Waals surface area contributed by atoms with Crippen molar-refractivity contribution in [1.82, 2.24) is 4.98 Å². The number of hydrogen-bond donors (Lipinski definition) is 0. The second kappa shape index (κ2) is 4.60. The topological polar surface area (TPSA) is 39.2 Å². The van der Waals surface area contributed by atoms with Gasteiger partial charge in [0.05, 0.1) is 6.61 Å². The smallest absolute Gasteiger partial charge is 0.356 e. The number of esters is 1. The molecule has 0 amide bonds. The first-order valence-corrected chi connectivity index (χ1v) is 4.35. The Labute approximate surface area is 77.8 Å². The standard InChI is InChI=1S/C10H13NO2/c1-3-7-13-10(12)9-6-4-5-8(2)11-9/h4-6H,3,7H2,1-2H3. The van der Waals surface area contributed by atoms with Gasteiger partial charge in [-0.1, -0.05) is 13.0 Å². The summed E-state index contributed by atoms with van der Waals surface area (Å²) < 4.78 is 4.93. The predicted molar refractivity (Wildman–Crippen MR) is 49.5 cm³/mol. The lowest BCUT2D eigenvalue weighted by molar-refractivity contribution is 0.0498. The normalized spacial score (nSPS) is 9.69. The maximum atomic E-state index is 11.3. The van der Waals surface area contributed by atoms with Crippen molar-refractivity contribution in [3.8, 4) is 0 Å². The van der Waals surface area contributed by atoms with Crippen molar-refractivity contribution in [2.45, 2.75) is 20.3 Å². The summed E-state index contributed by atoms with van der Waals surface area (Å²) in [6.07, 6.45) is 0.831. The molecule has 70 valence electrons. The van der Waals surface area contributed by atoms with Crippen LogP contribution in [0.25, 0.3) is 0 Å². The zero-order chi connectivity index (χ0) is 9.68. The van der Waals surface area contributed by atoms with E-state index in [4.69, 9.17) is 4.74 Å². The second-order valence-electron chi connectivity index (χ2n) is 2.80. The second-order valence-corrected chi connectivity index (χ2v) is 2.80. The molecule has 0 aliphatic heterocycles. The van der Waals surface area contributed by atoms with E-state index < -0.39 is 0 Å². The summed E-state index contributed by atoms with van der Waals surface area (Å²) in [5.41, 5.74) is 1.21. The third-order valence-electron chi connectivity index (χ3n) is 1.53. The van der Waals surface area contributed by atoms with Crippen LogP contribution in [0.15, 0.2) is 18.2 Å². The average molecular weight is 179 g/mol. The van der Waals surface area contributed by atoms with Crippen molar-refractivity contribution < 1.29 is 9.53 Å². The predicted octanol–water partition coefficient (Wildman–Crippen LogP) is 1.96. The van der Waals surface area contributed by atoms with Crippen molar-refractivity contribution in [2.24, 2.45) is 0 Å². The lowest BCUT2D eigenvalue weighted by Crippen LogP contribution is -2.08. The van der Waals surface area contributed by atoms with Gasteiger partial charge in [-0.15, -0.1) is 0 Å². The van der Waals surface area contributed by atoms with Crippen LogP contribution in [0.3, 0.4) is 0 Å². The molecule has 0 N–H and O–H groups in total. The first kappa shape index (κ1) is 9.71. The number of ether oxygens (including phenoxy) is 1. The molecule has 0 radical (unpaired) electrons.